The van der Waals surface area contributed by atoms with Gasteiger partial charge in [0.2, 0.25) is 0 Å². The highest BCUT2D eigenvalue weighted by atomic mass is 15.1. The van der Waals surface area contributed by atoms with Crippen molar-refractivity contribution in [2.24, 2.45) is 0 Å². The Morgan fingerprint density at radius 3 is 1.46 bits per heavy atom. The second-order valence-electron chi connectivity index (χ2n) is 14.9. The van der Waals surface area contributed by atoms with Gasteiger partial charge in [0, 0.05) is 17.1 Å². The van der Waals surface area contributed by atoms with Gasteiger partial charge in [0.05, 0.1) is 0 Å². The molecule has 0 aliphatic heterocycles. The summed E-state index contributed by atoms with van der Waals surface area (Å²) in [6.45, 7) is 0. The van der Waals surface area contributed by atoms with Crippen molar-refractivity contribution in [2.75, 3.05) is 4.90 Å². The van der Waals surface area contributed by atoms with Gasteiger partial charge < -0.3 is 4.90 Å². The summed E-state index contributed by atoms with van der Waals surface area (Å²) in [7, 11) is 0. The Labute approximate surface area is 332 Å². The minimum atomic E-state index is 1.10. The molecule has 0 heterocycles. The molecule has 0 saturated carbocycles. The third-order valence-corrected chi connectivity index (χ3v) is 11.6. The predicted octanol–water partition coefficient (Wildman–Crippen LogP) is 15.9. The molecule has 0 aromatic heterocycles. The molecule has 0 spiro atoms. The fraction of sp³-hybridized carbons (Fsp3) is 0. The molecule has 266 valence electrons. The molecule has 0 fully saturated rings. The van der Waals surface area contributed by atoms with Crippen molar-refractivity contribution in [1.29, 1.82) is 0 Å². The average Bonchev–Trinajstić information content (AvgIpc) is 3.29. The molecular weight excluding hydrogens is 687 g/mol. The Morgan fingerprint density at radius 2 is 0.702 bits per heavy atom. The summed E-state index contributed by atoms with van der Waals surface area (Å²) in [5.41, 5.74) is 10.5. The number of hydrogen-bond donors (Lipinski definition) is 0. The number of nitrogens with zero attached hydrogens (tertiary/aromatic N) is 1. The summed E-state index contributed by atoms with van der Waals surface area (Å²) in [4.78, 5) is 2.42. The second-order valence-corrected chi connectivity index (χ2v) is 14.9. The number of benzene rings is 11. The summed E-state index contributed by atoms with van der Waals surface area (Å²) in [6, 6.07) is 82.2. The molecule has 57 heavy (non-hydrogen) atoms. The normalized spacial score (nSPS) is 11.5. The molecule has 11 rings (SSSR count). The molecule has 0 radical (unpaired) electrons. The van der Waals surface area contributed by atoms with Gasteiger partial charge in [0.1, 0.15) is 0 Å². The van der Waals surface area contributed by atoms with Crippen LogP contribution in [0.1, 0.15) is 0 Å². The van der Waals surface area contributed by atoms with Crippen LogP contribution in [0.15, 0.2) is 224 Å². The zero-order chi connectivity index (χ0) is 37.7. The molecule has 0 N–H and O–H groups in total. The van der Waals surface area contributed by atoms with Crippen molar-refractivity contribution >= 4 is 70.9 Å². The van der Waals surface area contributed by atoms with Gasteiger partial charge in [-0.3, -0.25) is 0 Å². The van der Waals surface area contributed by atoms with Crippen LogP contribution in [-0.4, -0.2) is 0 Å². The zero-order valence-electron chi connectivity index (χ0n) is 31.3. The lowest BCUT2D eigenvalue weighted by Gasteiger charge is -2.27. The minimum absolute atomic E-state index is 1.10. The van der Waals surface area contributed by atoms with E-state index in [1.54, 1.807) is 0 Å². The zero-order valence-corrected chi connectivity index (χ0v) is 31.3. The number of anilines is 3. The first kappa shape index (κ1) is 32.9. The van der Waals surface area contributed by atoms with Crippen molar-refractivity contribution in [3.8, 4) is 33.4 Å². The molecule has 0 amide bonds. The minimum Gasteiger partial charge on any atom is -0.310 e. The lowest BCUT2D eigenvalue weighted by atomic mass is 9.91. The Balaban J connectivity index is 1.12. The van der Waals surface area contributed by atoms with E-state index in [1.807, 2.05) is 0 Å². The van der Waals surface area contributed by atoms with Crippen LogP contribution < -0.4 is 4.90 Å². The second kappa shape index (κ2) is 13.7. The number of fused-ring (bicyclic) bond motifs is 7. The molecule has 11 aromatic rings. The topological polar surface area (TPSA) is 3.24 Å². The van der Waals surface area contributed by atoms with Crippen molar-refractivity contribution < 1.29 is 0 Å². The van der Waals surface area contributed by atoms with Crippen molar-refractivity contribution in [3.63, 3.8) is 0 Å². The third kappa shape index (κ3) is 5.80. The van der Waals surface area contributed by atoms with E-state index in [0.717, 1.165) is 17.1 Å². The van der Waals surface area contributed by atoms with E-state index in [1.165, 1.54) is 87.2 Å². The third-order valence-electron chi connectivity index (χ3n) is 11.6. The molecule has 0 aliphatic rings. The van der Waals surface area contributed by atoms with Gasteiger partial charge in [0.25, 0.3) is 0 Å². The van der Waals surface area contributed by atoms with E-state index in [2.05, 4.69) is 229 Å². The molecule has 0 saturated heterocycles. The van der Waals surface area contributed by atoms with Crippen LogP contribution >= 0.6 is 0 Å². The Hall–Kier alpha value is -7.48. The molecule has 0 unspecified atom stereocenters. The fourth-order valence-electron chi connectivity index (χ4n) is 8.80. The van der Waals surface area contributed by atoms with Crippen LogP contribution in [0.25, 0.3) is 87.2 Å². The van der Waals surface area contributed by atoms with Gasteiger partial charge in [-0.1, -0.05) is 182 Å². The highest BCUT2D eigenvalue weighted by Crippen LogP contribution is 2.43. The molecule has 11 aromatic carbocycles. The maximum atomic E-state index is 2.42. The Kier molecular flexibility index (Phi) is 7.89. The first-order valence-corrected chi connectivity index (χ1v) is 19.7. The van der Waals surface area contributed by atoms with Crippen LogP contribution in [-0.2, 0) is 0 Å². The first-order chi connectivity index (χ1) is 28.2. The maximum absolute atomic E-state index is 2.42. The van der Waals surface area contributed by atoms with Crippen LogP contribution in [0.4, 0.5) is 17.1 Å². The highest BCUT2D eigenvalue weighted by Gasteiger charge is 2.18. The summed E-state index contributed by atoms with van der Waals surface area (Å²) >= 11 is 0. The predicted molar refractivity (Wildman–Crippen MR) is 245 cm³/mol. The molecule has 0 bridgehead atoms. The van der Waals surface area contributed by atoms with E-state index < -0.39 is 0 Å². The van der Waals surface area contributed by atoms with E-state index in [-0.39, 0.29) is 0 Å². The molecule has 1 heteroatoms. The number of hydrogen-bond acceptors (Lipinski definition) is 1. The van der Waals surface area contributed by atoms with Crippen molar-refractivity contribution in [1.82, 2.24) is 0 Å². The summed E-state index contributed by atoms with van der Waals surface area (Å²) in [5.74, 6) is 0. The van der Waals surface area contributed by atoms with Crippen LogP contribution in [0.3, 0.4) is 0 Å². The first-order valence-electron chi connectivity index (χ1n) is 19.7. The maximum Gasteiger partial charge on any atom is 0.0468 e. The lowest BCUT2D eigenvalue weighted by Crippen LogP contribution is -2.10. The highest BCUT2D eigenvalue weighted by molar-refractivity contribution is 6.10. The van der Waals surface area contributed by atoms with E-state index in [9.17, 15) is 0 Å². The fourth-order valence-corrected chi connectivity index (χ4v) is 8.80. The smallest absolute Gasteiger partial charge is 0.0468 e. The standard InChI is InChI=1S/C56H37N/c1-2-11-38(12-3-1)53-34-32-48(37-56(53)45-28-33-54-44(35-45)24-23-40-14-5-8-18-50(40)54)57(47-31-27-43-22-21-41-15-6-9-19-52(41)55(43)36-47)46-29-25-42(26-30-46)51-20-10-16-39-13-4-7-17-49(39)51/h1-37H. The van der Waals surface area contributed by atoms with E-state index >= 15 is 0 Å². The lowest BCUT2D eigenvalue weighted by molar-refractivity contribution is 1.29. The van der Waals surface area contributed by atoms with Gasteiger partial charge in [0.15, 0.2) is 0 Å². The number of rotatable bonds is 6. The SMILES string of the molecule is c1ccc(-c2ccc(N(c3ccc(-c4cccc5ccccc45)cc3)c3ccc4ccc5ccccc5c4c3)cc2-c2ccc3c(ccc4ccccc43)c2)cc1. The van der Waals surface area contributed by atoms with Gasteiger partial charge >= 0.3 is 0 Å². The molecule has 0 aliphatic carbocycles. The summed E-state index contributed by atoms with van der Waals surface area (Å²) in [5, 5.41) is 12.5. The van der Waals surface area contributed by atoms with Gasteiger partial charge in [-0.2, -0.15) is 0 Å². The van der Waals surface area contributed by atoms with E-state index in [0.29, 0.717) is 0 Å². The summed E-state index contributed by atoms with van der Waals surface area (Å²) < 4.78 is 0. The van der Waals surface area contributed by atoms with Gasteiger partial charge in [-0.05, 0) is 130 Å². The largest absolute Gasteiger partial charge is 0.310 e. The van der Waals surface area contributed by atoms with Gasteiger partial charge in [-0.25, -0.2) is 0 Å². The average molecular weight is 724 g/mol. The van der Waals surface area contributed by atoms with Crippen LogP contribution in [0.5, 0.6) is 0 Å². The van der Waals surface area contributed by atoms with Crippen LogP contribution in [0, 0.1) is 0 Å². The monoisotopic (exact) mass is 723 g/mol. The Bertz CT molecular complexity index is 3280. The molecular formula is C56H37N. The Morgan fingerprint density at radius 1 is 0.211 bits per heavy atom. The van der Waals surface area contributed by atoms with Crippen molar-refractivity contribution in [3.05, 3.63) is 224 Å². The molecule has 0 atom stereocenters. The van der Waals surface area contributed by atoms with Gasteiger partial charge in [-0.15, -0.1) is 0 Å². The van der Waals surface area contributed by atoms with Crippen molar-refractivity contribution in [2.45, 2.75) is 0 Å². The van der Waals surface area contributed by atoms with E-state index in [4.69, 9.17) is 0 Å². The molecule has 1 nitrogen and oxygen atoms in total. The van der Waals surface area contributed by atoms with Crippen LogP contribution in [0.2, 0.25) is 0 Å². The summed E-state index contributed by atoms with van der Waals surface area (Å²) in [6.07, 6.45) is 0. The quantitative estimate of drug-likeness (QED) is 0.154.